The second-order valence-electron chi connectivity index (χ2n) is 5.15. The second-order valence-corrected chi connectivity index (χ2v) is 5.15. The number of urea groups is 1. The van der Waals surface area contributed by atoms with E-state index in [4.69, 9.17) is 0 Å². The molecule has 0 fully saturated rings. The van der Waals surface area contributed by atoms with E-state index in [-0.39, 0.29) is 5.69 Å². The van der Waals surface area contributed by atoms with Gasteiger partial charge in [0.2, 0.25) is 0 Å². The second kappa shape index (κ2) is 5.73. The molecule has 22 heavy (non-hydrogen) atoms. The number of hydrogen-bond acceptors (Lipinski definition) is 2. The molecule has 0 saturated heterocycles. The van der Waals surface area contributed by atoms with Crippen LogP contribution in [0.5, 0.6) is 0 Å². The third-order valence-corrected chi connectivity index (χ3v) is 3.69. The summed E-state index contributed by atoms with van der Waals surface area (Å²) >= 11 is 0. The smallest absolute Gasteiger partial charge is 0.319 e. The summed E-state index contributed by atoms with van der Waals surface area (Å²) in [7, 11) is 0. The molecule has 6 heteroatoms. The molecule has 114 valence electrons. The van der Waals surface area contributed by atoms with Crippen LogP contribution in [-0.2, 0) is 6.42 Å². The Hall–Kier alpha value is -2.47. The van der Waals surface area contributed by atoms with Crippen molar-refractivity contribution in [2.75, 3.05) is 5.32 Å². The maximum absolute atomic E-state index is 13.5. The van der Waals surface area contributed by atoms with Crippen LogP contribution in [0.15, 0.2) is 42.5 Å². The fourth-order valence-corrected chi connectivity index (χ4v) is 2.65. The highest BCUT2D eigenvalue weighted by atomic mass is 19.2. The van der Waals surface area contributed by atoms with Gasteiger partial charge in [-0.05, 0) is 23.3 Å². The average molecular weight is 304 g/mol. The van der Waals surface area contributed by atoms with Crippen LogP contribution in [0.2, 0.25) is 0 Å². The normalized spacial score (nSPS) is 19.6. The number of anilines is 1. The lowest BCUT2D eigenvalue weighted by atomic mass is 10.1. The van der Waals surface area contributed by atoms with Crippen molar-refractivity contribution in [2.45, 2.75) is 18.6 Å². The van der Waals surface area contributed by atoms with Gasteiger partial charge in [-0.15, -0.1) is 0 Å². The summed E-state index contributed by atoms with van der Waals surface area (Å²) in [5, 5.41) is 14.9. The zero-order chi connectivity index (χ0) is 15.7. The summed E-state index contributed by atoms with van der Waals surface area (Å²) in [6.45, 7) is 0. The molecule has 2 aromatic rings. The lowest BCUT2D eigenvalue weighted by molar-refractivity contribution is 0.144. The predicted octanol–water partition coefficient (Wildman–Crippen LogP) is 2.74. The summed E-state index contributed by atoms with van der Waals surface area (Å²) in [6, 6.07) is 9.62. The lowest BCUT2D eigenvalue weighted by Crippen LogP contribution is -2.37. The van der Waals surface area contributed by atoms with Crippen LogP contribution in [0.25, 0.3) is 0 Å². The van der Waals surface area contributed by atoms with Crippen LogP contribution in [0.4, 0.5) is 19.3 Å². The summed E-state index contributed by atoms with van der Waals surface area (Å²) in [6.07, 6.45) is -0.310. The molecule has 0 aromatic heterocycles. The van der Waals surface area contributed by atoms with Crippen LogP contribution in [0.3, 0.4) is 0 Å². The Labute approximate surface area is 125 Å². The van der Waals surface area contributed by atoms with Gasteiger partial charge in [0.15, 0.2) is 11.6 Å². The fraction of sp³-hybridized carbons (Fsp3) is 0.188. The van der Waals surface area contributed by atoms with Crippen LogP contribution < -0.4 is 10.6 Å². The monoisotopic (exact) mass is 304 g/mol. The first-order valence-electron chi connectivity index (χ1n) is 6.83. The van der Waals surface area contributed by atoms with Crippen molar-refractivity contribution >= 4 is 11.7 Å². The van der Waals surface area contributed by atoms with Crippen molar-refractivity contribution < 1.29 is 18.7 Å². The zero-order valence-corrected chi connectivity index (χ0v) is 11.5. The zero-order valence-electron chi connectivity index (χ0n) is 11.5. The maximum Gasteiger partial charge on any atom is 0.319 e. The van der Waals surface area contributed by atoms with Gasteiger partial charge in [-0.1, -0.05) is 30.3 Å². The third kappa shape index (κ3) is 2.65. The SMILES string of the molecule is O=C(Nc1cccc(F)c1F)N[C@H]1c2ccccc2C[C@H]1O. The Morgan fingerprint density at radius 2 is 1.91 bits per heavy atom. The number of carbonyl (C=O) groups is 1. The first-order chi connectivity index (χ1) is 10.6. The largest absolute Gasteiger partial charge is 0.390 e. The van der Waals surface area contributed by atoms with E-state index in [9.17, 15) is 18.7 Å². The van der Waals surface area contributed by atoms with E-state index in [1.165, 1.54) is 12.1 Å². The molecule has 1 aliphatic rings. The van der Waals surface area contributed by atoms with Crippen molar-refractivity contribution in [2.24, 2.45) is 0 Å². The predicted molar refractivity (Wildman–Crippen MR) is 77.4 cm³/mol. The standard InChI is InChI=1S/C16H14F2N2O2/c17-11-6-3-7-12(14(11)18)19-16(22)20-15-10-5-2-1-4-9(10)8-13(15)21/h1-7,13,15,21H,8H2,(H2,19,20,22)/t13-,15+/m1/s1. The number of carbonyl (C=O) groups excluding carboxylic acids is 1. The number of benzene rings is 2. The van der Waals surface area contributed by atoms with E-state index in [2.05, 4.69) is 10.6 Å². The van der Waals surface area contributed by atoms with Crippen LogP contribution in [0.1, 0.15) is 17.2 Å². The van der Waals surface area contributed by atoms with Crippen molar-refractivity contribution in [3.63, 3.8) is 0 Å². The molecular weight excluding hydrogens is 290 g/mol. The van der Waals surface area contributed by atoms with Crippen LogP contribution >= 0.6 is 0 Å². The Balaban J connectivity index is 1.74. The number of amides is 2. The van der Waals surface area contributed by atoms with Gasteiger partial charge in [0.05, 0.1) is 17.8 Å². The molecule has 0 radical (unpaired) electrons. The van der Waals surface area contributed by atoms with Crippen molar-refractivity contribution in [3.05, 3.63) is 65.2 Å². The van der Waals surface area contributed by atoms with Gasteiger partial charge in [-0.3, -0.25) is 0 Å². The molecule has 2 aromatic carbocycles. The van der Waals surface area contributed by atoms with E-state index in [0.29, 0.717) is 6.42 Å². The Bertz CT molecular complexity index is 721. The third-order valence-electron chi connectivity index (χ3n) is 3.69. The molecule has 4 nitrogen and oxygen atoms in total. The van der Waals surface area contributed by atoms with Gasteiger partial charge in [-0.2, -0.15) is 0 Å². The van der Waals surface area contributed by atoms with E-state index < -0.39 is 29.8 Å². The summed E-state index contributed by atoms with van der Waals surface area (Å²) in [5.41, 5.74) is 1.53. The molecule has 2 amide bonds. The Morgan fingerprint density at radius 3 is 2.73 bits per heavy atom. The summed E-state index contributed by atoms with van der Waals surface area (Å²) in [5.74, 6) is -2.16. The number of fused-ring (bicyclic) bond motifs is 1. The molecule has 0 aliphatic heterocycles. The minimum absolute atomic E-state index is 0.252. The summed E-state index contributed by atoms with van der Waals surface area (Å²) in [4.78, 5) is 12.0. The van der Waals surface area contributed by atoms with Gasteiger partial charge in [0, 0.05) is 6.42 Å². The Kier molecular flexibility index (Phi) is 3.77. The van der Waals surface area contributed by atoms with Gasteiger partial charge in [-0.25, -0.2) is 13.6 Å². The van der Waals surface area contributed by atoms with E-state index in [1.807, 2.05) is 24.3 Å². The van der Waals surface area contributed by atoms with Crippen LogP contribution in [0, 0.1) is 11.6 Å². The highest BCUT2D eigenvalue weighted by Gasteiger charge is 2.31. The van der Waals surface area contributed by atoms with Crippen molar-refractivity contribution in [1.82, 2.24) is 5.32 Å². The highest BCUT2D eigenvalue weighted by molar-refractivity contribution is 5.89. The molecule has 0 heterocycles. The number of nitrogens with one attached hydrogen (secondary N) is 2. The van der Waals surface area contributed by atoms with E-state index >= 15 is 0 Å². The Morgan fingerprint density at radius 1 is 1.14 bits per heavy atom. The molecular formula is C16H14F2N2O2. The molecule has 3 rings (SSSR count). The van der Waals surface area contributed by atoms with E-state index in [1.54, 1.807) is 0 Å². The minimum atomic E-state index is -1.12. The number of aliphatic hydroxyl groups excluding tert-OH is 1. The number of rotatable bonds is 2. The molecule has 2 atom stereocenters. The highest BCUT2D eigenvalue weighted by Crippen LogP contribution is 2.31. The minimum Gasteiger partial charge on any atom is -0.390 e. The average Bonchev–Trinajstić information content (AvgIpc) is 2.80. The first kappa shape index (κ1) is 14.5. The molecule has 0 unspecified atom stereocenters. The van der Waals surface area contributed by atoms with Crippen LogP contribution in [-0.4, -0.2) is 17.2 Å². The maximum atomic E-state index is 13.5. The summed E-state index contributed by atoms with van der Waals surface area (Å²) < 4.78 is 26.6. The van der Waals surface area contributed by atoms with Gasteiger partial charge in [0.25, 0.3) is 0 Å². The van der Waals surface area contributed by atoms with Gasteiger partial charge < -0.3 is 15.7 Å². The quantitative estimate of drug-likeness (QED) is 0.799. The molecule has 0 spiro atoms. The van der Waals surface area contributed by atoms with E-state index in [0.717, 1.165) is 17.2 Å². The van der Waals surface area contributed by atoms with Crippen molar-refractivity contribution in [3.8, 4) is 0 Å². The number of hydrogen-bond donors (Lipinski definition) is 3. The molecule has 0 bridgehead atoms. The lowest BCUT2D eigenvalue weighted by Gasteiger charge is -2.18. The number of aliphatic hydroxyl groups is 1. The fourth-order valence-electron chi connectivity index (χ4n) is 2.65. The number of halogens is 2. The van der Waals surface area contributed by atoms with Gasteiger partial charge >= 0.3 is 6.03 Å². The first-order valence-corrected chi connectivity index (χ1v) is 6.83. The van der Waals surface area contributed by atoms with Gasteiger partial charge in [0.1, 0.15) is 0 Å². The molecule has 1 aliphatic carbocycles. The van der Waals surface area contributed by atoms with Crippen molar-refractivity contribution in [1.29, 1.82) is 0 Å². The molecule has 0 saturated carbocycles. The molecule has 3 N–H and O–H groups in total. The topological polar surface area (TPSA) is 61.4 Å².